The maximum Gasteiger partial charge on any atom is 0.407 e. The van der Waals surface area contributed by atoms with E-state index in [1.807, 2.05) is 6.92 Å². The van der Waals surface area contributed by atoms with E-state index in [1.54, 1.807) is 0 Å². The number of hydrogen-bond acceptors (Lipinski definition) is 2. The first kappa shape index (κ1) is 14.3. The van der Waals surface area contributed by atoms with Crippen molar-refractivity contribution in [3.8, 4) is 0 Å². The zero-order chi connectivity index (χ0) is 11.5. The van der Waals surface area contributed by atoms with Crippen LogP contribution in [0.25, 0.3) is 0 Å². The Morgan fingerprint density at radius 1 is 1.27 bits per heavy atom. The molecule has 0 heterocycles. The lowest BCUT2D eigenvalue weighted by molar-refractivity contribution is 0.144. The van der Waals surface area contributed by atoms with E-state index >= 15 is 0 Å². The quantitative estimate of drug-likeness (QED) is 0.674. The van der Waals surface area contributed by atoms with E-state index in [0.29, 0.717) is 12.5 Å². The molecule has 0 saturated carbocycles. The van der Waals surface area contributed by atoms with Gasteiger partial charge in [0.1, 0.15) is 0 Å². The maximum atomic E-state index is 11.2. The number of alkyl carbamates (subject to hydrolysis) is 1. The van der Waals surface area contributed by atoms with Gasteiger partial charge in [0.2, 0.25) is 0 Å². The molecule has 1 atom stereocenters. The Morgan fingerprint density at radius 2 is 2.00 bits per heavy atom. The minimum Gasteiger partial charge on any atom is -0.450 e. The maximum absolute atomic E-state index is 11.2. The normalized spacial score (nSPS) is 12.2. The predicted octanol–water partition coefficient (Wildman–Crippen LogP) is 3.34. The van der Waals surface area contributed by atoms with Crippen LogP contribution in [0.3, 0.4) is 0 Å². The molecule has 0 aliphatic rings. The molecule has 0 saturated heterocycles. The summed E-state index contributed by atoms with van der Waals surface area (Å²) in [5.41, 5.74) is 0. The standard InChI is InChI=1S/C12H25NO2/c1-4-7-8-11(6-3)10-13-12(14)15-9-5-2/h11H,4-10H2,1-3H3,(H,13,14). The molecule has 0 bridgehead atoms. The van der Waals surface area contributed by atoms with Crippen LogP contribution in [0, 0.1) is 5.92 Å². The number of unbranched alkanes of at least 4 members (excludes halogenated alkanes) is 1. The van der Waals surface area contributed by atoms with Crippen molar-refractivity contribution >= 4 is 6.09 Å². The van der Waals surface area contributed by atoms with Crippen molar-refractivity contribution in [3.05, 3.63) is 0 Å². The van der Waals surface area contributed by atoms with Gasteiger partial charge >= 0.3 is 6.09 Å². The van der Waals surface area contributed by atoms with E-state index in [-0.39, 0.29) is 6.09 Å². The third-order valence-electron chi connectivity index (χ3n) is 2.52. The van der Waals surface area contributed by atoms with Crippen molar-refractivity contribution in [2.75, 3.05) is 13.2 Å². The second kappa shape index (κ2) is 9.81. The second-order valence-electron chi connectivity index (χ2n) is 3.93. The van der Waals surface area contributed by atoms with Crippen LogP contribution in [0.4, 0.5) is 4.79 Å². The van der Waals surface area contributed by atoms with Gasteiger partial charge in [-0.2, -0.15) is 0 Å². The molecule has 0 fully saturated rings. The van der Waals surface area contributed by atoms with Crippen molar-refractivity contribution in [1.29, 1.82) is 0 Å². The molecule has 1 N–H and O–H groups in total. The Labute approximate surface area is 93.6 Å². The van der Waals surface area contributed by atoms with Crippen LogP contribution in [-0.2, 0) is 4.74 Å². The van der Waals surface area contributed by atoms with E-state index in [1.165, 1.54) is 19.3 Å². The van der Waals surface area contributed by atoms with E-state index in [4.69, 9.17) is 4.74 Å². The summed E-state index contributed by atoms with van der Waals surface area (Å²) in [6.07, 6.45) is 5.38. The summed E-state index contributed by atoms with van der Waals surface area (Å²) in [4.78, 5) is 11.2. The molecule has 0 aliphatic carbocycles. The molecule has 0 aromatic heterocycles. The van der Waals surface area contributed by atoms with Gasteiger partial charge in [0.25, 0.3) is 0 Å². The molecule has 3 nitrogen and oxygen atoms in total. The second-order valence-corrected chi connectivity index (χ2v) is 3.93. The summed E-state index contributed by atoms with van der Waals surface area (Å²) in [5.74, 6) is 0.596. The molecule has 0 aliphatic heterocycles. The lowest BCUT2D eigenvalue weighted by atomic mass is 10.00. The SMILES string of the molecule is CCCCC(CC)CNC(=O)OCCC. The zero-order valence-electron chi connectivity index (χ0n) is 10.3. The summed E-state index contributed by atoms with van der Waals surface area (Å²) >= 11 is 0. The van der Waals surface area contributed by atoms with Crippen molar-refractivity contribution < 1.29 is 9.53 Å². The largest absolute Gasteiger partial charge is 0.450 e. The highest BCUT2D eigenvalue weighted by Crippen LogP contribution is 2.11. The molecule has 3 heteroatoms. The molecular weight excluding hydrogens is 190 g/mol. The summed E-state index contributed by atoms with van der Waals surface area (Å²) in [5, 5.41) is 2.82. The first-order valence-electron chi connectivity index (χ1n) is 6.15. The molecule has 0 rings (SSSR count). The van der Waals surface area contributed by atoms with Crippen LogP contribution < -0.4 is 5.32 Å². The third-order valence-corrected chi connectivity index (χ3v) is 2.52. The average Bonchev–Trinajstić information content (AvgIpc) is 2.26. The molecule has 15 heavy (non-hydrogen) atoms. The smallest absolute Gasteiger partial charge is 0.407 e. The number of ether oxygens (including phenoxy) is 1. The minimum absolute atomic E-state index is 0.271. The van der Waals surface area contributed by atoms with Crippen molar-refractivity contribution in [3.63, 3.8) is 0 Å². The van der Waals surface area contributed by atoms with Crippen LogP contribution in [0.2, 0.25) is 0 Å². The van der Waals surface area contributed by atoms with Gasteiger partial charge in [0.05, 0.1) is 6.61 Å². The molecule has 0 spiro atoms. The highest BCUT2D eigenvalue weighted by Gasteiger charge is 2.08. The van der Waals surface area contributed by atoms with Crippen LogP contribution in [0.15, 0.2) is 0 Å². The predicted molar refractivity (Wildman–Crippen MR) is 62.9 cm³/mol. The van der Waals surface area contributed by atoms with Gasteiger partial charge < -0.3 is 10.1 Å². The molecule has 90 valence electrons. The van der Waals surface area contributed by atoms with Crippen LogP contribution in [0.5, 0.6) is 0 Å². The van der Waals surface area contributed by atoms with E-state index in [9.17, 15) is 4.79 Å². The molecule has 1 unspecified atom stereocenters. The van der Waals surface area contributed by atoms with Crippen molar-refractivity contribution in [1.82, 2.24) is 5.32 Å². The van der Waals surface area contributed by atoms with Crippen molar-refractivity contribution in [2.45, 2.75) is 52.9 Å². The molecular formula is C12H25NO2. The van der Waals surface area contributed by atoms with Gasteiger partial charge in [-0.1, -0.05) is 40.0 Å². The average molecular weight is 215 g/mol. The first-order valence-corrected chi connectivity index (χ1v) is 6.15. The van der Waals surface area contributed by atoms with Crippen LogP contribution in [0.1, 0.15) is 52.9 Å². The van der Waals surface area contributed by atoms with Gasteiger partial charge in [-0.3, -0.25) is 0 Å². The molecule has 0 aromatic carbocycles. The zero-order valence-corrected chi connectivity index (χ0v) is 10.3. The Kier molecular flexibility index (Phi) is 9.33. The van der Waals surface area contributed by atoms with Gasteiger partial charge in [0, 0.05) is 6.54 Å². The molecule has 0 radical (unpaired) electrons. The Bertz CT molecular complexity index is 160. The fourth-order valence-corrected chi connectivity index (χ4v) is 1.42. The topological polar surface area (TPSA) is 38.3 Å². The van der Waals surface area contributed by atoms with Gasteiger partial charge in [-0.05, 0) is 18.8 Å². The number of amides is 1. The lowest BCUT2D eigenvalue weighted by Gasteiger charge is -2.14. The first-order chi connectivity index (χ1) is 7.24. The van der Waals surface area contributed by atoms with E-state index in [2.05, 4.69) is 19.2 Å². The Hall–Kier alpha value is -0.730. The van der Waals surface area contributed by atoms with Gasteiger partial charge in [-0.25, -0.2) is 4.79 Å². The summed E-state index contributed by atoms with van der Waals surface area (Å²) in [7, 11) is 0. The van der Waals surface area contributed by atoms with Crippen LogP contribution >= 0.6 is 0 Å². The number of rotatable bonds is 8. The Morgan fingerprint density at radius 3 is 2.53 bits per heavy atom. The number of carbonyl (C=O) groups is 1. The van der Waals surface area contributed by atoms with Crippen molar-refractivity contribution in [2.24, 2.45) is 5.92 Å². The highest BCUT2D eigenvalue weighted by atomic mass is 16.5. The number of nitrogens with one attached hydrogen (secondary N) is 1. The fourth-order valence-electron chi connectivity index (χ4n) is 1.42. The van der Waals surface area contributed by atoms with Gasteiger partial charge in [0.15, 0.2) is 0 Å². The monoisotopic (exact) mass is 215 g/mol. The molecule has 1 amide bonds. The fraction of sp³-hybridized carbons (Fsp3) is 0.917. The van der Waals surface area contributed by atoms with Crippen LogP contribution in [-0.4, -0.2) is 19.2 Å². The third kappa shape index (κ3) is 8.28. The lowest BCUT2D eigenvalue weighted by Crippen LogP contribution is -2.29. The summed E-state index contributed by atoms with van der Waals surface area (Å²) in [6, 6.07) is 0. The summed E-state index contributed by atoms with van der Waals surface area (Å²) < 4.78 is 4.94. The highest BCUT2D eigenvalue weighted by molar-refractivity contribution is 5.67. The van der Waals surface area contributed by atoms with E-state index < -0.39 is 0 Å². The molecule has 0 aromatic rings. The summed E-state index contributed by atoms with van der Waals surface area (Å²) in [6.45, 7) is 7.61. The van der Waals surface area contributed by atoms with E-state index in [0.717, 1.165) is 19.4 Å². The van der Waals surface area contributed by atoms with Gasteiger partial charge in [-0.15, -0.1) is 0 Å². The minimum atomic E-state index is -0.271. The number of carbonyl (C=O) groups excluding carboxylic acids is 1. The Balaban J connectivity index is 3.55. The number of hydrogen-bond donors (Lipinski definition) is 1.